The number of carbonyl (C=O) groups is 3. The molecule has 0 aliphatic heterocycles. The molecule has 1 atom stereocenters. The van der Waals surface area contributed by atoms with Gasteiger partial charge in [-0.15, -0.1) is 0 Å². The summed E-state index contributed by atoms with van der Waals surface area (Å²) < 4.78 is 2.79. The number of rotatable bonds is 7. The van der Waals surface area contributed by atoms with Crippen LogP contribution in [-0.4, -0.2) is 48.5 Å². The first-order valence-electron chi connectivity index (χ1n) is 8.19. The van der Waals surface area contributed by atoms with Crippen LogP contribution >= 0.6 is 0 Å². The Kier molecular flexibility index (Phi) is 5.75. The van der Waals surface area contributed by atoms with Crippen molar-refractivity contribution in [3.63, 3.8) is 0 Å². The number of amides is 2. The molecular formula is C16H22N6O4. The minimum Gasteiger partial charge on any atom is -0.478 e. The maximum absolute atomic E-state index is 12.5. The number of carbonyl (C=O) groups excluding carboxylic acids is 2. The van der Waals surface area contributed by atoms with Crippen LogP contribution in [0.25, 0.3) is 0 Å². The van der Waals surface area contributed by atoms with Crippen molar-refractivity contribution < 1.29 is 19.5 Å². The van der Waals surface area contributed by atoms with Gasteiger partial charge < -0.3 is 15.7 Å². The van der Waals surface area contributed by atoms with Crippen LogP contribution in [0.4, 0.5) is 5.69 Å². The molecule has 0 spiro atoms. The molecule has 0 saturated carbocycles. The lowest BCUT2D eigenvalue weighted by Crippen LogP contribution is -2.32. The van der Waals surface area contributed by atoms with Crippen molar-refractivity contribution in [3.8, 4) is 0 Å². The Morgan fingerprint density at radius 1 is 1.23 bits per heavy atom. The number of aryl methyl sites for hydroxylation is 1. The minimum absolute atomic E-state index is 0.0135. The van der Waals surface area contributed by atoms with Gasteiger partial charge in [-0.05, 0) is 27.7 Å². The minimum atomic E-state index is -1.12. The fourth-order valence-corrected chi connectivity index (χ4v) is 2.19. The van der Waals surface area contributed by atoms with E-state index >= 15 is 0 Å². The van der Waals surface area contributed by atoms with Crippen LogP contribution in [0.2, 0.25) is 0 Å². The Bertz CT molecular complexity index is 823. The molecule has 10 heteroatoms. The molecule has 0 saturated heterocycles. The number of aromatic nitrogens is 4. The largest absolute Gasteiger partial charge is 0.478 e. The SMILES string of the molecule is CCn1cc(NC(=O)C(C)n2cc(C(=O)O)cn2)c(C(=O)NC(C)C)n1. The van der Waals surface area contributed by atoms with Gasteiger partial charge in [-0.2, -0.15) is 10.2 Å². The number of hydrogen-bond acceptors (Lipinski definition) is 5. The van der Waals surface area contributed by atoms with Crippen molar-refractivity contribution in [1.82, 2.24) is 24.9 Å². The Morgan fingerprint density at radius 3 is 2.46 bits per heavy atom. The zero-order valence-electron chi connectivity index (χ0n) is 15.1. The molecule has 3 N–H and O–H groups in total. The molecule has 2 aromatic rings. The van der Waals surface area contributed by atoms with E-state index in [1.54, 1.807) is 17.8 Å². The van der Waals surface area contributed by atoms with Crippen molar-refractivity contribution in [2.24, 2.45) is 0 Å². The quantitative estimate of drug-likeness (QED) is 0.677. The number of carboxylic acids is 1. The van der Waals surface area contributed by atoms with Crippen molar-refractivity contribution >= 4 is 23.5 Å². The summed E-state index contributed by atoms with van der Waals surface area (Å²) in [5.41, 5.74) is 0.390. The third-order valence-electron chi connectivity index (χ3n) is 3.60. The van der Waals surface area contributed by atoms with Crippen LogP contribution in [0, 0.1) is 0 Å². The monoisotopic (exact) mass is 362 g/mol. The van der Waals surface area contributed by atoms with Gasteiger partial charge >= 0.3 is 5.97 Å². The highest BCUT2D eigenvalue weighted by atomic mass is 16.4. The van der Waals surface area contributed by atoms with Gasteiger partial charge in [0.05, 0.1) is 17.4 Å². The maximum atomic E-state index is 12.5. The lowest BCUT2D eigenvalue weighted by Gasteiger charge is -2.13. The average Bonchev–Trinajstić information content (AvgIpc) is 3.20. The van der Waals surface area contributed by atoms with Crippen LogP contribution in [0.15, 0.2) is 18.6 Å². The van der Waals surface area contributed by atoms with E-state index < -0.39 is 17.9 Å². The van der Waals surface area contributed by atoms with Gasteiger partial charge in [0.25, 0.3) is 5.91 Å². The van der Waals surface area contributed by atoms with E-state index in [4.69, 9.17) is 5.11 Å². The van der Waals surface area contributed by atoms with Gasteiger partial charge in [0.2, 0.25) is 5.91 Å². The van der Waals surface area contributed by atoms with Gasteiger partial charge in [-0.1, -0.05) is 0 Å². The first-order chi connectivity index (χ1) is 12.2. The van der Waals surface area contributed by atoms with E-state index in [-0.39, 0.29) is 28.9 Å². The molecule has 0 aromatic carbocycles. The molecule has 140 valence electrons. The molecule has 0 fully saturated rings. The Labute approximate surface area is 150 Å². The average molecular weight is 362 g/mol. The van der Waals surface area contributed by atoms with Crippen molar-refractivity contribution in [3.05, 3.63) is 29.8 Å². The summed E-state index contributed by atoms with van der Waals surface area (Å²) in [5, 5.41) is 22.4. The zero-order chi connectivity index (χ0) is 19.4. The topological polar surface area (TPSA) is 131 Å². The number of hydrogen-bond donors (Lipinski definition) is 3. The summed E-state index contributed by atoms with van der Waals surface area (Å²) in [6.45, 7) is 7.63. The van der Waals surface area contributed by atoms with E-state index in [9.17, 15) is 14.4 Å². The predicted octanol–water partition coefficient (Wildman–Crippen LogP) is 1.14. The van der Waals surface area contributed by atoms with E-state index in [0.29, 0.717) is 6.54 Å². The molecule has 26 heavy (non-hydrogen) atoms. The second kappa shape index (κ2) is 7.81. The van der Waals surface area contributed by atoms with E-state index in [0.717, 1.165) is 0 Å². The zero-order valence-corrected chi connectivity index (χ0v) is 15.1. The Balaban J connectivity index is 2.20. The van der Waals surface area contributed by atoms with Gasteiger partial charge in [0.1, 0.15) is 6.04 Å². The Morgan fingerprint density at radius 2 is 1.92 bits per heavy atom. The first-order valence-corrected chi connectivity index (χ1v) is 8.19. The number of aromatic carboxylic acids is 1. The summed E-state index contributed by atoms with van der Waals surface area (Å²) >= 11 is 0. The van der Waals surface area contributed by atoms with Crippen molar-refractivity contribution in [2.45, 2.75) is 46.3 Å². The van der Waals surface area contributed by atoms with Crippen molar-refractivity contribution in [2.75, 3.05) is 5.32 Å². The summed E-state index contributed by atoms with van der Waals surface area (Å²) in [6.07, 6.45) is 4.02. The molecule has 2 rings (SSSR count). The first kappa shape index (κ1) is 19.2. The lowest BCUT2D eigenvalue weighted by molar-refractivity contribution is -0.119. The van der Waals surface area contributed by atoms with Crippen LogP contribution < -0.4 is 10.6 Å². The summed E-state index contributed by atoms with van der Waals surface area (Å²) in [4.78, 5) is 35.7. The fourth-order valence-electron chi connectivity index (χ4n) is 2.19. The summed E-state index contributed by atoms with van der Waals surface area (Å²) in [7, 11) is 0. The third-order valence-corrected chi connectivity index (χ3v) is 3.60. The number of anilines is 1. The summed E-state index contributed by atoms with van der Waals surface area (Å²) in [6, 6.07) is -0.843. The van der Waals surface area contributed by atoms with Crippen LogP contribution in [-0.2, 0) is 11.3 Å². The normalized spacial score (nSPS) is 12.0. The van der Waals surface area contributed by atoms with Crippen LogP contribution in [0.1, 0.15) is 54.6 Å². The molecule has 2 aromatic heterocycles. The highest BCUT2D eigenvalue weighted by Crippen LogP contribution is 2.17. The van der Waals surface area contributed by atoms with E-state index in [1.807, 2.05) is 20.8 Å². The van der Waals surface area contributed by atoms with Gasteiger partial charge in [0.15, 0.2) is 5.69 Å². The number of nitrogens with zero attached hydrogens (tertiary/aromatic N) is 4. The van der Waals surface area contributed by atoms with Crippen molar-refractivity contribution in [1.29, 1.82) is 0 Å². The van der Waals surface area contributed by atoms with E-state index in [2.05, 4.69) is 20.8 Å². The lowest BCUT2D eigenvalue weighted by atomic mass is 10.2. The number of nitrogens with one attached hydrogen (secondary N) is 2. The second-order valence-electron chi connectivity index (χ2n) is 6.05. The molecular weight excluding hydrogens is 340 g/mol. The fraction of sp³-hybridized carbons (Fsp3) is 0.438. The molecule has 0 radical (unpaired) electrons. The third kappa shape index (κ3) is 4.26. The van der Waals surface area contributed by atoms with Crippen LogP contribution in [0.5, 0.6) is 0 Å². The second-order valence-corrected chi connectivity index (χ2v) is 6.05. The van der Waals surface area contributed by atoms with Gasteiger partial charge in [0, 0.05) is 25.0 Å². The molecule has 2 heterocycles. The molecule has 10 nitrogen and oxygen atoms in total. The summed E-state index contributed by atoms with van der Waals surface area (Å²) in [5.74, 6) is -1.96. The van der Waals surface area contributed by atoms with Gasteiger partial charge in [-0.3, -0.25) is 19.0 Å². The standard InChI is InChI=1S/C16H22N6O4/c1-5-21-8-12(13(20-21)15(24)18-9(2)3)19-14(23)10(4)22-7-11(6-17-22)16(25)26/h6-10H,5H2,1-4H3,(H,18,24)(H,19,23)(H,25,26). The highest BCUT2D eigenvalue weighted by molar-refractivity contribution is 6.03. The predicted molar refractivity (Wildman–Crippen MR) is 93.0 cm³/mol. The highest BCUT2D eigenvalue weighted by Gasteiger charge is 2.23. The molecule has 1 unspecified atom stereocenters. The maximum Gasteiger partial charge on any atom is 0.338 e. The van der Waals surface area contributed by atoms with Crippen LogP contribution in [0.3, 0.4) is 0 Å². The Hall–Kier alpha value is -3.17. The molecule has 0 aliphatic carbocycles. The van der Waals surface area contributed by atoms with Gasteiger partial charge in [-0.25, -0.2) is 4.79 Å². The smallest absolute Gasteiger partial charge is 0.338 e. The number of carboxylic acid groups (broad SMARTS) is 1. The molecule has 0 aliphatic rings. The molecule has 0 bridgehead atoms. The molecule has 2 amide bonds. The van der Waals surface area contributed by atoms with E-state index in [1.165, 1.54) is 17.1 Å².